The van der Waals surface area contributed by atoms with E-state index < -0.39 is 6.04 Å². The molecule has 1 atom stereocenters. The lowest BCUT2D eigenvalue weighted by molar-refractivity contribution is -0.143. The second kappa shape index (κ2) is 8.91. The average molecular weight is 258 g/mol. The Hall–Kier alpha value is -1.10. The van der Waals surface area contributed by atoms with Crippen molar-refractivity contribution in [2.45, 2.75) is 40.2 Å². The number of rotatable bonds is 8. The molecule has 0 spiro atoms. The molecule has 0 aliphatic carbocycles. The third-order valence-corrected chi connectivity index (χ3v) is 2.81. The van der Waals surface area contributed by atoms with Crippen LogP contribution in [0.2, 0.25) is 0 Å². The Morgan fingerprint density at radius 2 is 1.78 bits per heavy atom. The van der Waals surface area contributed by atoms with E-state index in [4.69, 9.17) is 4.74 Å². The molecule has 5 heteroatoms. The quantitative estimate of drug-likeness (QED) is 0.661. The molecule has 0 radical (unpaired) electrons. The van der Waals surface area contributed by atoms with Crippen molar-refractivity contribution in [1.29, 1.82) is 0 Å². The number of nitrogens with zero attached hydrogens (tertiary/aromatic N) is 1. The van der Waals surface area contributed by atoms with Gasteiger partial charge in [0.1, 0.15) is 6.04 Å². The van der Waals surface area contributed by atoms with Gasteiger partial charge in [0, 0.05) is 13.1 Å². The zero-order valence-corrected chi connectivity index (χ0v) is 12.2. The van der Waals surface area contributed by atoms with Gasteiger partial charge in [0.05, 0.1) is 13.7 Å². The van der Waals surface area contributed by atoms with E-state index in [0.717, 1.165) is 0 Å². The van der Waals surface area contributed by atoms with Gasteiger partial charge in [-0.1, -0.05) is 13.8 Å². The number of nitrogens with one attached hydrogen (secondary N) is 1. The molecule has 0 aliphatic rings. The maximum absolute atomic E-state index is 11.8. The molecule has 0 aromatic heterocycles. The molecule has 0 fully saturated rings. The van der Waals surface area contributed by atoms with E-state index in [2.05, 4.69) is 5.32 Å². The van der Waals surface area contributed by atoms with Crippen molar-refractivity contribution < 1.29 is 14.3 Å². The zero-order chi connectivity index (χ0) is 14.1. The molecule has 18 heavy (non-hydrogen) atoms. The number of amides is 1. The zero-order valence-electron chi connectivity index (χ0n) is 12.2. The van der Waals surface area contributed by atoms with Crippen LogP contribution in [-0.4, -0.2) is 49.6 Å². The highest BCUT2D eigenvalue weighted by Crippen LogP contribution is 2.06. The second-order valence-electron chi connectivity index (χ2n) is 4.65. The summed E-state index contributed by atoms with van der Waals surface area (Å²) in [5, 5.41) is 2.98. The fourth-order valence-electron chi connectivity index (χ4n) is 1.78. The summed E-state index contributed by atoms with van der Waals surface area (Å²) in [6.45, 7) is 9.48. The maximum Gasteiger partial charge on any atom is 0.322 e. The van der Waals surface area contributed by atoms with Crippen molar-refractivity contribution in [3.8, 4) is 0 Å². The number of ether oxygens (including phenoxy) is 1. The van der Waals surface area contributed by atoms with Gasteiger partial charge in [0.2, 0.25) is 5.91 Å². The van der Waals surface area contributed by atoms with Crippen LogP contribution in [0.25, 0.3) is 0 Å². The molecule has 5 nitrogen and oxygen atoms in total. The van der Waals surface area contributed by atoms with Crippen LogP contribution in [0.3, 0.4) is 0 Å². The Bertz CT molecular complexity index is 263. The first-order valence-corrected chi connectivity index (χ1v) is 6.55. The first kappa shape index (κ1) is 16.9. The molecule has 0 rings (SSSR count). The van der Waals surface area contributed by atoms with Gasteiger partial charge in [0.25, 0.3) is 0 Å². The van der Waals surface area contributed by atoms with Crippen LogP contribution in [0.4, 0.5) is 0 Å². The minimum atomic E-state index is -0.408. The molecule has 0 saturated carbocycles. The number of esters is 1. The standard InChI is InChI=1S/C13H26N2O3/c1-6-15(7-2)12(16)9-14-11(8-10(3)4)13(17)18-5/h10-11,14H,6-9H2,1-5H3. The van der Waals surface area contributed by atoms with Crippen molar-refractivity contribution in [3.05, 3.63) is 0 Å². The van der Waals surface area contributed by atoms with E-state index in [-0.39, 0.29) is 18.4 Å². The molecule has 106 valence electrons. The number of carbonyl (C=O) groups is 2. The second-order valence-corrected chi connectivity index (χ2v) is 4.65. The number of hydrogen-bond acceptors (Lipinski definition) is 4. The molecule has 1 amide bonds. The van der Waals surface area contributed by atoms with Crippen molar-refractivity contribution in [2.24, 2.45) is 5.92 Å². The summed E-state index contributed by atoms with van der Waals surface area (Å²) in [7, 11) is 1.36. The molecule has 0 bridgehead atoms. The normalized spacial score (nSPS) is 12.3. The fourth-order valence-corrected chi connectivity index (χ4v) is 1.78. The molecule has 0 saturated heterocycles. The summed E-state index contributed by atoms with van der Waals surface area (Å²) >= 11 is 0. The number of methoxy groups -OCH3 is 1. The Morgan fingerprint density at radius 1 is 1.22 bits per heavy atom. The molecule has 1 unspecified atom stereocenters. The van der Waals surface area contributed by atoms with Crippen LogP contribution in [0.15, 0.2) is 0 Å². The molecular formula is C13H26N2O3. The molecule has 0 aliphatic heterocycles. The van der Waals surface area contributed by atoms with Gasteiger partial charge in [-0.3, -0.25) is 14.9 Å². The predicted molar refractivity (Wildman–Crippen MR) is 71.2 cm³/mol. The summed E-state index contributed by atoms with van der Waals surface area (Å²) in [5.74, 6) is 0.0684. The predicted octanol–water partition coefficient (Wildman–Crippen LogP) is 1.03. The summed E-state index contributed by atoms with van der Waals surface area (Å²) in [5.41, 5.74) is 0. The Balaban J connectivity index is 4.33. The van der Waals surface area contributed by atoms with Gasteiger partial charge in [-0.25, -0.2) is 0 Å². The molecule has 0 aromatic carbocycles. The fraction of sp³-hybridized carbons (Fsp3) is 0.846. The van der Waals surface area contributed by atoms with E-state index in [0.29, 0.717) is 25.4 Å². The molecule has 1 N–H and O–H groups in total. The van der Waals surface area contributed by atoms with Gasteiger partial charge < -0.3 is 9.64 Å². The van der Waals surface area contributed by atoms with Gasteiger partial charge in [-0.15, -0.1) is 0 Å². The topological polar surface area (TPSA) is 58.6 Å². The largest absolute Gasteiger partial charge is 0.468 e. The molecular weight excluding hydrogens is 232 g/mol. The van der Waals surface area contributed by atoms with Crippen molar-refractivity contribution in [1.82, 2.24) is 10.2 Å². The number of hydrogen-bond donors (Lipinski definition) is 1. The summed E-state index contributed by atoms with van der Waals surface area (Å²) in [4.78, 5) is 25.1. The first-order chi connectivity index (χ1) is 8.46. The van der Waals surface area contributed by atoms with Gasteiger partial charge >= 0.3 is 5.97 Å². The van der Waals surface area contributed by atoms with E-state index in [9.17, 15) is 9.59 Å². The van der Waals surface area contributed by atoms with Gasteiger partial charge in [-0.05, 0) is 26.2 Å². The average Bonchev–Trinajstić information content (AvgIpc) is 2.34. The summed E-state index contributed by atoms with van der Waals surface area (Å²) < 4.78 is 4.73. The lowest BCUT2D eigenvalue weighted by atomic mass is 10.0. The van der Waals surface area contributed by atoms with E-state index in [1.807, 2.05) is 27.7 Å². The Kier molecular flexibility index (Phi) is 8.37. The minimum absolute atomic E-state index is 0.0117. The smallest absolute Gasteiger partial charge is 0.322 e. The third kappa shape index (κ3) is 6.00. The van der Waals surface area contributed by atoms with E-state index >= 15 is 0 Å². The summed E-state index contributed by atoms with van der Waals surface area (Å²) in [6, 6.07) is -0.408. The Morgan fingerprint density at radius 3 is 2.17 bits per heavy atom. The molecule has 0 heterocycles. The van der Waals surface area contributed by atoms with Crippen molar-refractivity contribution in [2.75, 3.05) is 26.7 Å². The van der Waals surface area contributed by atoms with E-state index in [1.54, 1.807) is 4.90 Å². The van der Waals surface area contributed by atoms with Crippen LogP contribution in [0.5, 0.6) is 0 Å². The van der Waals surface area contributed by atoms with Crippen LogP contribution < -0.4 is 5.32 Å². The van der Waals surface area contributed by atoms with E-state index in [1.165, 1.54) is 7.11 Å². The monoisotopic (exact) mass is 258 g/mol. The van der Waals surface area contributed by atoms with Gasteiger partial charge in [0.15, 0.2) is 0 Å². The highest BCUT2D eigenvalue weighted by molar-refractivity contribution is 5.80. The number of likely N-dealkylation sites (N-methyl/N-ethyl adjacent to an activating group) is 1. The SMILES string of the molecule is CCN(CC)C(=O)CNC(CC(C)C)C(=O)OC. The maximum atomic E-state index is 11.8. The number of carbonyl (C=O) groups excluding carboxylic acids is 2. The van der Waals surface area contributed by atoms with Crippen molar-refractivity contribution >= 4 is 11.9 Å². The van der Waals surface area contributed by atoms with Crippen LogP contribution in [0, 0.1) is 5.92 Å². The lowest BCUT2D eigenvalue weighted by Gasteiger charge is -2.22. The van der Waals surface area contributed by atoms with Crippen molar-refractivity contribution in [3.63, 3.8) is 0 Å². The van der Waals surface area contributed by atoms with Crippen LogP contribution in [-0.2, 0) is 14.3 Å². The minimum Gasteiger partial charge on any atom is -0.468 e. The Labute approximate surface area is 110 Å². The lowest BCUT2D eigenvalue weighted by Crippen LogP contribution is -2.45. The van der Waals surface area contributed by atoms with Gasteiger partial charge in [-0.2, -0.15) is 0 Å². The highest BCUT2D eigenvalue weighted by atomic mass is 16.5. The first-order valence-electron chi connectivity index (χ1n) is 6.55. The molecule has 0 aromatic rings. The van der Waals surface area contributed by atoms with Crippen LogP contribution in [0.1, 0.15) is 34.1 Å². The third-order valence-electron chi connectivity index (χ3n) is 2.81. The summed E-state index contributed by atoms with van der Waals surface area (Å²) in [6.07, 6.45) is 0.665. The highest BCUT2D eigenvalue weighted by Gasteiger charge is 2.21. The van der Waals surface area contributed by atoms with Crippen LogP contribution >= 0.6 is 0 Å².